The molecule has 10 heteroatoms. The molecule has 6 nitrogen and oxygen atoms in total. The fraction of sp³-hybridized carbons (Fsp3) is 0.440. The van der Waals surface area contributed by atoms with Crippen molar-refractivity contribution in [2.45, 2.75) is 50.4 Å². The van der Waals surface area contributed by atoms with Gasteiger partial charge in [-0.15, -0.1) is 0 Å². The first-order chi connectivity index (χ1) is 16.5. The molecule has 1 amide bonds. The highest BCUT2D eigenvalue weighted by Crippen LogP contribution is 2.57. The Labute approximate surface area is 199 Å². The lowest BCUT2D eigenvalue weighted by molar-refractivity contribution is -0.184. The Morgan fingerprint density at radius 1 is 1.14 bits per heavy atom. The zero-order valence-electron chi connectivity index (χ0n) is 19.2. The molecule has 2 aromatic rings. The van der Waals surface area contributed by atoms with E-state index in [9.17, 15) is 27.2 Å². The van der Waals surface area contributed by atoms with E-state index in [4.69, 9.17) is 4.74 Å². The van der Waals surface area contributed by atoms with E-state index >= 15 is 0 Å². The summed E-state index contributed by atoms with van der Waals surface area (Å²) in [4.78, 5) is 24.7. The molecule has 1 heterocycles. The van der Waals surface area contributed by atoms with Gasteiger partial charge in [-0.05, 0) is 73.2 Å². The second kappa shape index (κ2) is 7.86. The second-order valence-corrected chi connectivity index (χ2v) is 9.86. The normalized spacial score (nSPS) is 23.2. The number of amides is 1. The Kier molecular flexibility index (Phi) is 5.26. The Morgan fingerprint density at radius 2 is 1.86 bits per heavy atom. The van der Waals surface area contributed by atoms with Crippen molar-refractivity contribution in [2.75, 3.05) is 24.3 Å². The maximum Gasteiger partial charge on any atom is 0.396 e. The summed E-state index contributed by atoms with van der Waals surface area (Å²) >= 11 is 0. The summed E-state index contributed by atoms with van der Waals surface area (Å²) in [5.74, 6) is -1.41. The number of fused-ring (bicyclic) bond motifs is 2. The van der Waals surface area contributed by atoms with Gasteiger partial charge in [0, 0.05) is 18.5 Å². The molecule has 2 unspecified atom stereocenters. The summed E-state index contributed by atoms with van der Waals surface area (Å²) in [7, 11) is 1.31. The van der Waals surface area contributed by atoms with Gasteiger partial charge in [0.1, 0.15) is 12.0 Å². The van der Waals surface area contributed by atoms with Gasteiger partial charge in [0.15, 0.2) is 0 Å². The molecule has 3 aliphatic rings. The number of alkyl halides is 3. The Balaban J connectivity index is 1.26. The number of rotatable bonds is 6. The van der Waals surface area contributed by atoms with Crippen LogP contribution in [0, 0.1) is 11.2 Å². The van der Waals surface area contributed by atoms with E-state index in [1.807, 2.05) is 0 Å². The molecule has 0 bridgehead atoms. The van der Waals surface area contributed by atoms with Gasteiger partial charge in [-0.3, -0.25) is 9.59 Å². The summed E-state index contributed by atoms with van der Waals surface area (Å²) in [6.07, 6.45) is -3.70. The molecule has 0 aromatic heterocycles. The summed E-state index contributed by atoms with van der Waals surface area (Å²) in [5, 5.41) is 8.93. The van der Waals surface area contributed by atoms with E-state index in [1.54, 1.807) is 25.1 Å². The van der Waals surface area contributed by atoms with Crippen LogP contribution in [-0.2, 0) is 27.8 Å². The zero-order chi connectivity index (χ0) is 25.2. The molecule has 2 aliphatic carbocycles. The number of halogens is 4. The van der Waals surface area contributed by atoms with Gasteiger partial charge < -0.3 is 20.7 Å². The molecule has 1 fully saturated rings. The monoisotopic (exact) mass is 491 g/mol. The highest BCUT2D eigenvalue weighted by molar-refractivity contribution is 5.97. The van der Waals surface area contributed by atoms with E-state index < -0.39 is 41.2 Å². The second-order valence-electron chi connectivity index (χ2n) is 9.86. The topological polar surface area (TPSA) is 79.5 Å². The number of hydrogen-bond acceptors (Lipinski definition) is 5. The fourth-order valence-corrected chi connectivity index (χ4v) is 5.05. The molecule has 2 atom stereocenters. The van der Waals surface area contributed by atoms with Gasteiger partial charge in [-0.2, -0.15) is 13.2 Å². The van der Waals surface area contributed by atoms with Crippen molar-refractivity contribution in [1.82, 2.24) is 5.32 Å². The lowest BCUT2D eigenvalue weighted by Gasteiger charge is -2.40. The number of benzene rings is 2. The standard InChI is InChI=1S/C25H25F4N3O3/c1-23(22(34)35-2)11-16-14(7-15(26)10-17(16)23)9-20-31-18-4-3-13(8-19(18)32-20)21(33)30-12-24(5-6-24)25(27,28)29/h3-4,7-8,10,20,31-32H,5-6,9,11-12H2,1-2H3,(H,30,33). The van der Waals surface area contributed by atoms with Crippen LogP contribution in [0.4, 0.5) is 28.9 Å². The van der Waals surface area contributed by atoms with Crippen LogP contribution >= 0.6 is 0 Å². The van der Waals surface area contributed by atoms with Crippen molar-refractivity contribution in [3.05, 3.63) is 58.4 Å². The summed E-state index contributed by atoms with van der Waals surface area (Å²) < 4.78 is 58.6. The average molecular weight is 491 g/mol. The van der Waals surface area contributed by atoms with Crippen molar-refractivity contribution < 1.29 is 31.9 Å². The third-order valence-corrected chi connectivity index (χ3v) is 7.48. The molecule has 35 heavy (non-hydrogen) atoms. The van der Waals surface area contributed by atoms with Crippen LogP contribution in [0.3, 0.4) is 0 Å². The van der Waals surface area contributed by atoms with Gasteiger partial charge in [-0.25, -0.2) is 4.39 Å². The number of nitrogens with one attached hydrogen (secondary N) is 3. The van der Waals surface area contributed by atoms with E-state index in [-0.39, 0.29) is 24.6 Å². The molecular weight excluding hydrogens is 466 g/mol. The molecule has 186 valence electrons. The molecule has 1 aliphatic heterocycles. The predicted molar refractivity (Wildman–Crippen MR) is 121 cm³/mol. The van der Waals surface area contributed by atoms with Gasteiger partial charge >= 0.3 is 12.1 Å². The number of ether oxygens (including phenoxy) is 1. The Hall–Kier alpha value is -3.30. The number of carbonyl (C=O) groups is 2. The van der Waals surface area contributed by atoms with Crippen LogP contribution in [0.25, 0.3) is 0 Å². The van der Waals surface area contributed by atoms with Crippen molar-refractivity contribution in [1.29, 1.82) is 0 Å². The van der Waals surface area contributed by atoms with Gasteiger partial charge in [-0.1, -0.05) is 0 Å². The molecule has 2 aromatic carbocycles. The highest BCUT2D eigenvalue weighted by Gasteiger charge is 2.63. The van der Waals surface area contributed by atoms with E-state index in [0.717, 1.165) is 16.8 Å². The highest BCUT2D eigenvalue weighted by atomic mass is 19.4. The minimum Gasteiger partial charge on any atom is -0.468 e. The Bertz CT molecular complexity index is 1230. The molecule has 0 saturated heterocycles. The van der Waals surface area contributed by atoms with Crippen LogP contribution in [0.2, 0.25) is 0 Å². The molecular formula is C25H25F4N3O3. The first-order valence-corrected chi connectivity index (χ1v) is 11.4. The molecule has 0 spiro atoms. The lowest BCUT2D eigenvalue weighted by atomic mass is 9.63. The van der Waals surface area contributed by atoms with Crippen LogP contribution in [0.15, 0.2) is 30.3 Å². The number of methoxy groups -OCH3 is 1. The number of esters is 1. The minimum atomic E-state index is -4.33. The van der Waals surface area contributed by atoms with Crippen molar-refractivity contribution >= 4 is 23.3 Å². The smallest absolute Gasteiger partial charge is 0.396 e. The van der Waals surface area contributed by atoms with E-state index in [1.165, 1.54) is 19.2 Å². The van der Waals surface area contributed by atoms with Crippen molar-refractivity contribution in [3.8, 4) is 0 Å². The SMILES string of the molecule is COC(=O)C1(C)Cc2c(CC3Nc4ccc(C(=O)NCC5(C(F)(F)F)CC5)cc4N3)cc(F)cc21. The Morgan fingerprint density at radius 3 is 2.51 bits per heavy atom. The predicted octanol–water partition coefficient (Wildman–Crippen LogP) is 4.29. The zero-order valence-corrected chi connectivity index (χ0v) is 19.2. The third kappa shape index (κ3) is 3.88. The average Bonchev–Trinajstić information content (AvgIpc) is 3.51. The lowest BCUT2D eigenvalue weighted by Crippen LogP contribution is -2.45. The first kappa shape index (κ1) is 23.4. The summed E-state index contributed by atoms with van der Waals surface area (Å²) in [6, 6.07) is 7.65. The maximum absolute atomic E-state index is 14.4. The van der Waals surface area contributed by atoms with Crippen LogP contribution in [0.5, 0.6) is 0 Å². The molecule has 5 rings (SSSR count). The largest absolute Gasteiger partial charge is 0.468 e. The number of anilines is 2. The number of carbonyl (C=O) groups excluding carboxylic acids is 2. The fourth-order valence-electron chi connectivity index (χ4n) is 5.05. The quantitative estimate of drug-likeness (QED) is 0.415. The maximum atomic E-state index is 14.4. The van der Waals surface area contributed by atoms with E-state index in [0.29, 0.717) is 24.1 Å². The summed E-state index contributed by atoms with van der Waals surface area (Å²) in [6.45, 7) is 1.30. The van der Waals surface area contributed by atoms with Gasteiger partial charge in [0.05, 0.1) is 29.3 Å². The van der Waals surface area contributed by atoms with E-state index in [2.05, 4.69) is 16.0 Å². The van der Waals surface area contributed by atoms with Crippen LogP contribution in [0.1, 0.15) is 46.8 Å². The molecule has 1 saturated carbocycles. The van der Waals surface area contributed by atoms with Crippen molar-refractivity contribution in [3.63, 3.8) is 0 Å². The van der Waals surface area contributed by atoms with Crippen molar-refractivity contribution in [2.24, 2.45) is 5.41 Å². The van der Waals surface area contributed by atoms with Gasteiger partial charge in [0.2, 0.25) is 0 Å². The minimum absolute atomic E-state index is 0.0245. The number of hydrogen-bond donors (Lipinski definition) is 3. The molecule has 3 N–H and O–H groups in total. The molecule has 0 radical (unpaired) electrons. The van der Waals surface area contributed by atoms with Crippen LogP contribution < -0.4 is 16.0 Å². The summed E-state index contributed by atoms with van der Waals surface area (Å²) in [5.41, 5.74) is 1.25. The first-order valence-electron chi connectivity index (χ1n) is 11.4. The third-order valence-electron chi connectivity index (χ3n) is 7.48. The van der Waals surface area contributed by atoms with Crippen LogP contribution in [-0.4, -0.2) is 37.9 Å². The van der Waals surface area contributed by atoms with Gasteiger partial charge in [0.25, 0.3) is 5.91 Å².